The normalized spacial score (nSPS) is 34.7. The summed E-state index contributed by atoms with van der Waals surface area (Å²) in [5, 5.41) is 3.73. The van der Waals surface area contributed by atoms with Crippen LogP contribution >= 0.6 is 23.2 Å². The van der Waals surface area contributed by atoms with E-state index in [0.29, 0.717) is 5.02 Å². The SMILES string of the molecule is CC(NC(=O)C1(C)C(C)C1(C)Cl)c1ccc(Cl)cc1. The van der Waals surface area contributed by atoms with Gasteiger partial charge in [-0.05, 0) is 44.4 Å². The van der Waals surface area contributed by atoms with Crippen LogP contribution in [0.3, 0.4) is 0 Å². The largest absolute Gasteiger partial charge is 0.349 e. The molecule has 0 aliphatic heterocycles. The van der Waals surface area contributed by atoms with Gasteiger partial charge in [0.2, 0.25) is 5.91 Å². The maximum atomic E-state index is 12.4. The second-order valence-electron chi connectivity index (χ2n) is 5.75. The highest BCUT2D eigenvalue weighted by molar-refractivity contribution is 6.30. The predicted molar refractivity (Wildman–Crippen MR) is 79.5 cm³/mol. The van der Waals surface area contributed by atoms with E-state index < -0.39 is 10.3 Å². The molecular weight excluding hydrogens is 281 g/mol. The van der Waals surface area contributed by atoms with Gasteiger partial charge in [0.05, 0.1) is 16.3 Å². The topological polar surface area (TPSA) is 29.1 Å². The third kappa shape index (κ3) is 2.25. The van der Waals surface area contributed by atoms with E-state index in [9.17, 15) is 4.79 Å². The smallest absolute Gasteiger partial charge is 0.228 e. The Hall–Kier alpha value is -0.730. The van der Waals surface area contributed by atoms with Gasteiger partial charge in [-0.25, -0.2) is 0 Å². The van der Waals surface area contributed by atoms with Crippen molar-refractivity contribution in [3.8, 4) is 0 Å². The molecule has 1 aliphatic carbocycles. The van der Waals surface area contributed by atoms with E-state index in [2.05, 4.69) is 5.32 Å². The summed E-state index contributed by atoms with van der Waals surface area (Å²) in [6.07, 6.45) is 0. The molecule has 1 amide bonds. The standard InChI is InChI=1S/C15H19Cl2NO/c1-9(11-5-7-12(16)8-6-11)18-13(19)14(3)10(2)15(14,4)17/h5-10H,1-4H3,(H,18,19). The van der Waals surface area contributed by atoms with Crippen molar-refractivity contribution in [2.45, 2.75) is 38.6 Å². The molecule has 0 bridgehead atoms. The minimum absolute atomic E-state index is 0.0138. The first-order valence-electron chi connectivity index (χ1n) is 6.46. The number of benzene rings is 1. The van der Waals surface area contributed by atoms with Crippen LogP contribution in [0, 0.1) is 11.3 Å². The Balaban J connectivity index is 2.06. The summed E-state index contributed by atoms with van der Waals surface area (Å²) < 4.78 is 0. The van der Waals surface area contributed by atoms with Crippen molar-refractivity contribution in [1.82, 2.24) is 5.32 Å². The van der Waals surface area contributed by atoms with Crippen LogP contribution in [-0.2, 0) is 4.79 Å². The molecule has 1 aromatic rings. The van der Waals surface area contributed by atoms with Crippen LogP contribution in [-0.4, -0.2) is 10.8 Å². The highest BCUT2D eigenvalue weighted by Crippen LogP contribution is 2.66. The number of nitrogens with one attached hydrogen (secondary N) is 1. The quantitative estimate of drug-likeness (QED) is 0.834. The number of hydrogen-bond donors (Lipinski definition) is 1. The van der Waals surface area contributed by atoms with E-state index >= 15 is 0 Å². The zero-order chi connectivity index (χ0) is 14.4. The summed E-state index contributed by atoms with van der Waals surface area (Å²) in [6.45, 7) is 7.82. The summed E-state index contributed by atoms with van der Waals surface area (Å²) >= 11 is 12.2. The average Bonchev–Trinajstić information content (AvgIpc) is 2.75. The number of alkyl halides is 1. The minimum atomic E-state index is -0.491. The second-order valence-corrected chi connectivity index (χ2v) is 6.97. The Labute approximate surface area is 124 Å². The lowest BCUT2D eigenvalue weighted by molar-refractivity contribution is -0.127. The molecule has 1 aromatic carbocycles. The van der Waals surface area contributed by atoms with E-state index in [1.165, 1.54) is 0 Å². The lowest BCUT2D eigenvalue weighted by Gasteiger charge is -2.19. The molecule has 1 aliphatic rings. The molecular formula is C15H19Cl2NO. The van der Waals surface area contributed by atoms with Crippen LogP contribution in [0.15, 0.2) is 24.3 Å². The molecule has 0 aromatic heterocycles. The molecule has 1 N–H and O–H groups in total. The van der Waals surface area contributed by atoms with Crippen molar-refractivity contribution in [1.29, 1.82) is 0 Å². The molecule has 0 spiro atoms. The van der Waals surface area contributed by atoms with Crippen molar-refractivity contribution in [3.63, 3.8) is 0 Å². The van der Waals surface area contributed by atoms with Gasteiger partial charge in [0.1, 0.15) is 0 Å². The first-order valence-corrected chi connectivity index (χ1v) is 7.22. The molecule has 19 heavy (non-hydrogen) atoms. The Morgan fingerprint density at radius 1 is 1.32 bits per heavy atom. The van der Waals surface area contributed by atoms with Gasteiger partial charge in [-0.15, -0.1) is 11.6 Å². The van der Waals surface area contributed by atoms with Gasteiger partial charge in [-0.3, -0.25) is 4.79 Å². The first-order chi connectivity index (χ1) is 8.71. The fourth-order valence-electron chi connectivity index (χ4n) is 2.60. The summed E-state index contributed by atoms with van der Waals surface area (Å²) in [4.78, 5) is 11.9. The lowest BCUT2D eigenvalue weighted by atomic mass is 10.0. The lowest BCUT2D eigenvalue weighted by Crippen LogP contribution is -2.35. The van der Waals surface area contributed by atoms with E-state index in [4.69, 9.17) is 23.2 Å². The Morgan fingerprint density at radius 3 is 2.21 bits per heavy atom. The number of carbonyl (C=O) groups excluding carboxylic acids is 1. The van der Waals surface area contributed by atoms with Crippen molar-refractivity contribution in [2.24, 2.45) is 11.3 Å². The number of hydrogen-bond acceptors (Lipinski definition) is 1. The van der Waals surface area contributed by atoms with Gasteiger partial charge < -0.3 is 5.32 Å². The second kappa shape index (κ2) is 4.68. The third-order valence-corrected chi connectivity index (χ3v) is 5.77. The van der Waals surface area contributed by atoms with Crippen LogP contribution in [0.1, 0.15) is 39.3 Å². The highest BCUT2D eigenvalue weighted by atomic mass is 35.5. The molecule has 4 unspecified atom stereocenters. The number of amides is 1. The highest BCUT2D eigenvalue weighted by Gasteiger charge is 2.72. The van der Waals surface area contributed by atoms with Crippen LogP contribution in [0.5, 0.6) is 0 Å². The summed E-state index contributed by atoms with van der Waals surface area (Å²) in [5.74, 6) is 0.194. The van der Waals surface area contributed by atoms with Gasteiger partial charge in [-0.2, -0.15) is 0 Å². The van der Waals surface area contributed by atoms with Gasteiger partial charge in [0, 0.05) is 5.02 Å². The van der Waals surface area contributed by atoms with Gasteiger partial charge >= 0.3 is 0 Å². The Morgan fingerprint density at radius 2 is 1.79 bits per heavy atom. The predicted octanol–water partition coefficient (Wildman–Crippen LogP) is 4.17. The summed E-state index contributed by atoms with van der Waals surface area (Å²) in [7, 11) is 0. The van der Waals surface area contributed by atoms with Crippen molar-refractivity contribution >= 4 is 29.1 Å². The van der Waals surface area contributed by atoms with Gasteiger partial charge in [0.15, 0.2) is 0 Å². The monoisotopic (exact) mass is 299 g/mol. The van der Waals surface area contributed by atoms with Gasteiger partial charge in [0.25, 0.3) is 0 Å². The molecule has 2 nitrogen and oxygen atoms in total. The van der Waals surface area contributed by atoms with Crippen molar-refractivity contribution < 1.29 is 4.79 Å². The molecule has 104 valence electrons. The fourth-order valence-corrected chi connectivity index (χ4v) is 3.14. The Bertz CT molecular complexity index is 497. The maximum Gasteiger partial charge on any atom is 0.228 e. The zero-order valence-corrected chi connectivity index (χ0v) is 13.1. The van der Waals surface area contributed by atoms with Crippen LogP contribution in [0.25, 0.3) is 0 Å². The zero-order valence-electron chi connectivity index (χ0n) is 11.6. The van der Waals surface area contributed by atoms with Crippen molar-refractivity contribution in [3.05, 3.63) is 34.9 Å². The molecule has 0 saturated heterocycles. The maximum absolute atomic E-state index is 12.4. The molecule has 1 saturated carbocycles. The van der Waals surface area contributed by atoms with E-state index in [-0.39, 0.29) is 17.9 Å². The molecule has 4 heteroatoms. The minimum Gasteiger partial charge on any atom is -0.349 e. The van der Waals surface area contributed by atoms with E-state index in [1.807, 2.05) is 52.0 Å². The summed E-state index contributed by atoms with van der Waals surface area (Å²) in [6, 6.07) is 7.44. The van der Waals surface area contributed by atoms with E-state index in [1.54, 1.807) is 0 Å². The molecule has 0 radical (unpaired) electrons. The number of carbonyl (C=O) groups is 1. The van der Waals surface area contributed by atoms with Crippen LogP contribution in [0.2, 0.25) is 5.02 Å². The van der Waals surface area contributed by atoms with Crippen LogP contribution < -0.4 is 5.32 Å². The van der Waals surface area contributed by atoms with Gasteiger partial charge in [-0.1, -0.05) is 30.7 Å². The first kappa shape index (κ1) is 14.7. The molecule has 4 atom stereocenters. The molecule has 2 rings (SSSR count). The molecule has 0 heterocycles. The summed E-state index contributed by atoms with van der Waals surface area (Å²) in [5.41, 5.74) is 0.542. The molecule has 1 fully saturated rings. The van der Waals surface area contributed by atoms with Crippen molar-refractivity contribution in [2.75, 3.05) is 0 Å². The number of halogens is 2. The number of rotatable bonds is 3. The Kier molecular flexibility index (Phi) is 3.61. The van der Waals surface area contributed by atoms with E-state index in [0.717, 1.165) is 5.56 Å². The van der Waals surface area contributed by atoms with Crippen LogP contribution in [0.4, 0.5) is 0 Å². The average molecular weight is 300 g/mol. The fraction of sp³-hybridized carbons (Fsp3) is 0.533. The third-order valence-electron chi connectivity index (χ3n) is 4.80.